The van der Waals surface area contributed by atoms with Gasteiger partial charge in [-0.3, -0.25) is 4.98 Å². The zero-order valence-electron chi connectivity index (χ0n) is 12.6. The van der Waals surface area contributed by atoms with Crippen molar-refractivity contribution in [2.45, 2.75) is 45.8 Å². The van der Waals surface area contributed by atoms with E-state index in [0.717, 1.165) is 24.2 Å². The minimum atomic E-state index is -0.442. The van der Waals surface area contributed by atoms with Crippen molar-refractivity contribution in [2.24, 2.45) is 0 Å². The van der Waals surface area contributed by atoms with Crippen molar-refractivity contribution >= 4 is 11.8 Å². The highest BCUT2D eigenvalue weighted by atomic mass is 16.6. The van der Waals surface area contributed by atoms with Crippen molar-refractivity contribution in [3.63, 3.8) is 0 Å². The third-order valence-electron chi connectivity index (χ3n) is 3.24. The lowest BCUT2D eigenvalue weighted by molar-refractivity contribution is 0.0293. The normalized spacial score (nSPS) is 19.0. The van der Waals surface area contributed by atoms with E-state index in [0.29, 0.717) is 6.54 Å². The predicted octanol–water partition coefficient (Wildman–Crippen LogP) is 2.81. The van der Waals surface area contributed by atoms with E-state index in [-0.39, 0.29) is 12.1 Å². The molecule has 20 heavy (non-hydrogen) atoms. The summed E-state index contributed by atoms with van der Waals surface area (Å²) in [6.07, 6.45) is 4.30. The first-order chi connectivity index (χ1) is 9.35. The lowest BCUT2D eigenvalue weighted by atomic mass is 10.2. The summed E-state index contributed by atoms with van der Waals surface area (Å²) >= 11 is 0. The molecule has 1 aromatic heterocycles. The van der Waals surface area contributed by atoms with Gasteiger partial charge in [0.1, 0.15) is 5.60 Å². The number of aryl methyl sites for hydroxylation is 1. The van der Waals surface area contributed by atoms with E-state index < -0.39 is 5.60 Å². The van der Waals surface area contributed by atoms with Gasteiger partial charge in [0.15, 0.2) is 0 Å². The van der Waals surface area contributed by atoms with Crippen LogP contribution in [0.1, 0.15) is 32.8 Å². The molecule has 1 aromatic rings. The summed E-state index contributed by atoms with van der Waals surface area (Å²) in [6, 6.07) is 2.23. The summed E-state index contributed by atoms with van der Waals surface area (Å²) in [5.74, 6) is 0. The summed E-state index contributed by atoms with van der Waals surface area (Å²) in [4.78, 5) is 17.9. The third-order valence-corrected chi connectivity index (χ3v) is 3.24. The monoisotopic (exact) mass is 277 g/mol. The maximum Gasteiger partial charge on any atom is 0.410 e. The number of rotatable bonds is 2. The summed E-state index contributed by atoms with van der Waals surface area (Å²) in [6.45, 7) is 9.10. The summed E-state index contributed by atoms with van der Waals surface area (Å²) < 4.78 is 5.39. The van der Waals surface area contributed by atoms with E-state index in [2.05, 4.69) is 10.3 Å². The molecule has 2 rings (SSSR count). The maximum absolute atomic E-state index is 12.0. The number of carbonyl (C=O) groups is 1. The SMILES string of the molecule is Cc1ccncc1NC1CCN(C(=O)OC(C)(C)C)C1. The molecule has 0 saturated carbocycles. The van der Waals surface area contributed by atoms with Crippen LogP contribution in [0.4, 0.5) is 10.5 Å². The predicted molar refractivity (Wildman–Crippen MR) is 78.8 cm³/mol. The van der Waals surface area contributed by atoms with Crippen LogP contribution in [0.2, 0.25) is 0 Å². The van der Waals surface area contributed by atoms with Crippen LogP contribution in [-0.2, 0) is 4.74 Å². The number of pyridine rings is 1. The quantitative estimate of drug-likeness (QED) is 0.903. The second kappa shape index (κ2) is 5.69. The molecule has 5 heteroatoms. The second-order valence-corrected chi connectivity index (χ2v) is 6.25. The molecule has 1 N–H and O–H groups in total. The minimum absolute atomic E-state index is 0.232. The number of amides is 1. The Balaban J connectivity index is 1.90. The fourth-order valence-corrected chi connectivity index (χ4v) is 2.21. The highest BCUT2D eigenvalue weighted by Gasteiger charge is 2.29. The van der Waals surface area contributed by atoms with Crippen LogP contribution in [0.25, 0.3) is 0 Å². The fraction of sp³-hybridized carbons (Fsp3) is 0.600. The Morgan fingerprint density at radius 2 is 2.25 bits per heavy atom. The molecule has 1 unspecified atom stereocenters. The van der Waals surface area contributed by atoms with Gasteiger partial charge in [-0.05, 0) is 45.7 Å². The first-order valence-corrected chi connectivity index (χ1v) is 7.00. The number of aromatic nitrogens is 1. The summed E-state index contributed by atoms with van der Waals surface area (Å²) in [5.41, 5.74) is 1.75. The Hall–Kier alpha value is -1.78. The van der Waals surface area contributed by atoms with E-state index in [4.69, 9.17) is 4.74 Å². The van der Waals surface area contributed by atoms with Crippen LogP contribution in [0.5, 0.6) is 0 Å². The number of nitrogens with zero attached hydrogens (tertiary/aromatic N) is 2. The zero-order valence-corrected chi connectivity index (χ0v) is 12.6. The van der Waals surface area contributed by atoms with E-state index in [1.54, 1.807) is 11.1 Å². The highest BCUT2D eigenvalue weighted by molar-refractivity contribution is 5.68. The van der Waals surface area contributed by atoms with Crippen molar-refractivity contribution in [3.8, 4) is 0 Å². The van der Waals surface area contributed by atoms with E-state index in [1.807, 2.05) is 40.0 Å². The molecule has 0 radical (unpaired) electrons. The molecule has 0 bridgehead atoms. The molecule has 1 fully saturated rings. The van der Waals surface area contributed by atoms with Crippen LogP contribution < -0.4 is 5.32 Å². The smallest absolute Gasteiger partial charge is 0.410 e. The summed E-state index contributed by atoms with van der Waals surface area (Å²) in [7, 11) is 0. The molecule has 1 aliphatic heterocycles. The van der Waals surface area contributed by atoms with Crippen molar-refractivity contribution in [1.82, 2.24) is 9.88 Å². The number of likely N-dealkylation sites (tertiary alicyclic amines) is 1. The molecule has 0 aliphatic carbocycles. The molecular formula is C15H23N3O2. The summed E-state index contributed by atoms with van der Waals surface area (Å²) in [5, 5.41) is 3.44. The zero-order chi connectivity index (χ0) is 14.8. The number of hydrogen-bond acceptors (Lipinski definition) is 4. The molecule has 2 heterocycles. The first kappa shape index (κ1) is 14.6. The van der Waals surface area contributed by atoms with Crippen LogP contribution in [0, 0.1) is 6.92 Å². The lowest BCUT2D eigenvalue weighted by Gasteiger charge is -2.24. The van der Waals surface area contributed by atoms with E-state index >= 15 is 0 Å². The van der Waals surface area contributed by atoms with Gasteiger partial charge in [-0.1, -0.05) is 0 Å². The number of anilines is 1. The molecule has 0 spiro atoms. The van der Waals surface area contributed by atoms with Gasteiger partial charge in [0.05, 0.1) is 11.9 Å². The van der Waals surface area contributed by atoms with Gasteiger partial charge in [-0.15, -0.1) is 0 Å². The second-order valence-electron chi connectivity index (χ2n) is 6.25. The molecule has 5 nitrogen and oxygen atoms in total. The van der Waals surface area contributed by atoms with Gasteiger partial charge in [0, 0.05) is 25.3 Å². The molecule has 1 amide bonds. The molecule has 1 aliphatic rings. The van der Waals surface area contributed by atoms with Crippen LogP contribution in [-0.4, -0.2) is 40.7 Å². The van der Waals surface area contributed by atoms with Crippen LogP contribution in [0.3, 0.4) is 0 Å². The first-order valence-electron chi connectivity index (χ1n) is 7.00. The van der Waals surface area contributed by atoms with Gasteiger partial charge in [-0.25, -0.2) is 4.79 Å². The molecule has 0 aromatic carbocycles. The largest absolute Gasteiger partial charge is 0.444 e. The molecule has 1 atom stereocenters. The van der Waals surface area contributed by atoms with Crippen molar-refractivity contribution in [2.75, 3.05) is 18.4 Å². The van der Waals surface area contributed by atoms with Crippen molar-refractivity contribution < 1.29 is 9.53 Å². The molecule has 1 saturated heterocycles. The third kappa shape index (κ3) is 3.85. The van der Waals surface area contributed by atoms with Crippen molar-refractivity contribution in [1.29, 1.82) is 0 Å². The van der Waals surface area contributed by atoms with Gasteiger partial charge in [0.2, 0.25) is 0 Å². The average molecular weight is 277 g/mol. The molecule has 110 valence electrons. The number of carbonyl (C=O) groups excluding carboxylic acids is 1. The Kier molecular flexibility index (Phi) is 4.16. The van der Waals surface area contributed by atoms with Gasteiger partial charge in [0.25, 0.3) is 0 Å². The Morgan fingerprint density at radius 3 is 2.90 bits per heavy atom. The van der Waals surface area contributed by atoms with E-state index in [9.17, 15) is 4.79 Å². The lowest BCUT2D eigenvalue weighted by Crippen LogP contribution is -2.36. The molecular weight excluding hydrogens is 254 g/mol. The van der Waals surface area contributed by atoms with Crippen molar-refractivity contribution in [3.05, 3.63) is 24.0 Å². The topological polar surface area (TPSA) is 54.5 Å². The average Bonchev–Trinajstić information content (AvgIpc) is 2.79. The Labute approximate surface area is 120 Å². The number of nitrogens with one attached hydrogen (secondary N) is 1. The highest BCUT2D eigenvalue weighted by Crippen LogP contribution is 2.20. The van der Waals surface area contributed by atoms with E-state index in [1.165, 1.54) is 0 Å². The van der Waals surface area contributed by atoms with Crippen LogP contribution >= 0.6 is 0 Å². The van der Waals surface area contributed by atoms with Gasteiger partial charge >= 0.3 is 6.09 Å². The number of ether oxygens (including phenoxy) is 1. The van der Waals surface area contributed by atoms with Gasteiger partial charge in [-0.2, -0.15) is 0 Å². The standard InChI is InChI=1S/C15H23N3O2/c1-11-5-7-16-9-13(11)17-12-6-8-18(10-12)14(19)20-15(2,3)4/h5,7,9,12,17H,6,8,10H2,1-4H3. The van der Waals surface area contributed by atoms with Gasteiger partial charge < -0.3 is 15.0 Å². The maximum atomic E-state index is 12.0. The van der Waals surface area contributed by atoms with Crippen LogP contribution in [0.15, 0.2) is 18.5 Å². The Morgan fingerprint density at radius 1 is 1.50 bits per heavy atom. The Bertz CT molecular complexity index is 482. The minimum Gasteiger partial charge on any atom is -0.444 e. The number of hydrogen-bond donors (Lipinski definition) is 1. The fourth-order valence-electron chi connectivity index (χ4n) is 2.21.